The molecule has 1 aromatic carbocycles. The van der Waals surface area contributed by atoms with Gasteiger partial charge in [-0.05, 0) is 73.9 Å². The number of pyridine rings is 2. The number of nitrogens with zero attached hydrogens (tertiary/aromatic N) is 1. The van der Waals surface area contributed by atoms with E-state index in [-0.39, 0.29) is 29.6 Å². The molecule has 34 heavy (non-hydrogen) atoms. The van der Waals surface area contributed by atoms with Crippen molar-refractivity contribution in [1.82, 2.24) is 20.6 Å². The van der Waals surface area contributed by atoms with E-state index in [4.69, 9.17) is 9.72 Å². The van der Waals surface area contributed by atoms with Crippen LogP contribution in [0.4, 0.5) is 0 Å². The van der Waals surface area contributed by atoms with E-state index in [0.29, 0.717) is 35.2 Å². The number of phenolic OH excluding ortho intramolecular Hbond substituents is 1. The molecule has 0 bridgehead atoms. The van der Waals surface area contributed by atoms with Gasteiger partial charge in [-0.3, -0.25) is 9.59 Å². The standard InChI is InChI=1S/C25H28N4O4.ClH/c1-26-24(31)18-10-17-16(15-4-3-9-27-12-15)11-19(28-23(17)29-25(18)32)22-20(30)5-2-6-21(22)33-13-14-7-8-14;/h2,5-6,10-11,14-15,27,30H,3-4,7-9,12-13H2,1H3,(H,26,31)(H,28,29,32);1H. The minimum Gasteiger partial charge on any atom is -0.507 e. The van der Waals surface area contributed by atoms with E-state index in [1.165, 1.54) is 7.05 Å². The molecular formula is C25H29ClN4O4. The van der Waals surface area contributed by atoms with Gasteiger partial charge in [-0.25, -0.2) is 4.98 Å². The first kappa shape index (κ1) is 24.0. The molecule has 2 aliphatic rings. The second kappa shape index (κ2) is 10.0. The Bertz CT molecular complexity index is 1270. The van der Waals surface area contributed by atoms with Crippen molar-refractivity contribution in [2.75, 3.05) is 26.7 Å². The Hall–Kier alpha value is -3.10. The first-order valence-electron chi connectivity index (χ1n) is 11.5. The lowest BCUT2D eigenvalue weighted by molar-refractivity contribution is 0.0961. The number of aromatic nitrogens is 2. The largest absolute Gasteiger partial charge is 0.507 e. The van der Waals surface area contributed by atoms with Gasteiger partial charge >= 0.3 is 0 Å². The normalized spacial score (nSPS) is 17.7. The van der Waals surface area contributed by atoms with Crippen LogP contribution < -0.4 is 20.9 Å². The lowest BCUT2D eigenvalue weighted by Crippen LogP contribution is -2.29. The number of halogens is 1. The predicted octanol–water partition coefficient (Wildman–Crippen LogP) is 3.33. The highest BCUT2D eigenvalue weighted by Crippen LogP contribution is 2.41. The molecule has 8 nitrogen and oxygen atoms in total. The monoisotopic (exact) mass is 484 g/mol. The lowest BCUT2D eigenvalue weighted by atomic mass is 9.88. The molecule has 180 valence electrons. The highest BCUT2D eigenvalue weighted by Gasteiger charge is 2.25. The molecule has 3 aromatic rings. The Morgan fingerprint density at radius 3 is 2.79 bits per heavy atom. The van der Waals surface area contributed by atoms with Gasteiger partial charge in [0.25, 0.3) is 11.5 Å². The van der Waals surface area contributed by atoms with E-state index in [9.17, 15) is 14.7 Å². The Morgan fingerprint density at radius 1 is 1.26 bits per heavy atom. The number of aromatic hydroxyl groups is 1. The van der Waals surface area contributed by atoms with Crippen LogP contribution in [0.25, 0.3) is 22.3 Å². The summed E-state index contributed by atoms with van der Waals surface area (Å²) >= 11 is 0. The van der Waals surface area contributed by atoms with Gasteiger partial charge in [0.05, 0.1) is 17.9 Å². The number of H-pyrrole nitrogens is 1. The van der Waals surface area contributed by atoms with Crippen molar-refractivity contribution in [2.24, 2.45) is 5.92 Å². The summed E-state index contributed by atoms with van der Waals surface area (Å²) in [6, 6.07) is 8.80. The van der Waals surface area contributed by atoms with Crippen LogP contribution in [0.15, 0.2) is 35.1 Å². The van der Waals surface area contributed by atoms with Crippen LogP contribution in [0.1, 0.15) is 47.5 Å². The van der Waals surface area contributed by atoms with Crippen molar-refractivity contribution in [1.29, 1.82) is 0 Å². The fourth-order valence-corrected chi connectivity index (χ4v) is 4.48. The number of carbonyl (C=O) groups excluding carboxylic acids is 1. The number of benzene rings is 1. The van der Waals surface area contributed by atoms with Gasteiger partial charge in [0.15, 0.2) is 0 Å². The van der Waals surface area contributed by atoms with Crippen LogP contribution >= 0.6 is 12.4 Å². The molecule has 1 atom stereocenters. The second-order valence-corrected chi connectivity index (χ2v) is 8.90. The van der Waals surface area contributed by atoms with Crippen molar-refractivity contribution in [3.63, 3.8) is 0 Å². The molecule has 2 aromatic heterocycles. The number of ether oxygens (including phenoxy) is 1. The average Bonchev–Trinajstić information content (AvgIpc) is 3.66. The van der Waals surface area contributed by atoms with Gasteiger partial charge in [-0.1, -0.05) is 6.07 Å². The first-order valence-corrected chi connectivity index (χ1v) is 11.5. The van der Waals surface area contributed by atoms with E-state index < -0.39 is 11.5 Å². The highest BCUT2D eigenvalue weighted by molar-refractivity contribution is 5.97. The minimum atomic E-state index is -0.498. The van der Waals surface area contributed by atoms with Gasteiger partial charge in [-0.2, -0.15) is 0 Å². The number of aromatic amines is 1. The molecule has 1 aliphatic carbocycles. The number of phenols is 1. The summed E-state index contributed by atoms with van der Waals surface area (Å²) in [5.41, 5.74) is 1.99. The van der Waals surface area contributed by atoms with Crippen molar-refractivity contribution in [2.45, 2.75) is 31.6 Å². The summed E-state index contributed by atoms with van der Waals surface area (Å²) in [6.07, 6.45) is 4.33. The molecule has 1 saturated heterocycles. The third-order valence-electron chi connectivity index (χ3n) is 6.50. The number of rotatable bonds is 6. The van der Waals surface area contributed by atoms with Crippen LogP contribution in [0, 0.1) is 5.92 Å². The van der Waals surface area contributed by atoms with Gasteiger partial charge in [0.2, 0.25) is 0 Å². The molecule has 1 unspecified atom stereocenters. The van der Waals surface area contributed by atoms with Crippen LogP contribution in [-0.2, 0) is 0 Å². The maximum absolute atomic E-state index is 12.6. The van der Waals surface area contributed by atoms with E-state index in [1.54, 1.807) is 18.2 Å². The number of piperidine rings is 1. The topological polar surface area (TPSA) is 116 Å². The molecule has 2 fully saturated rings. The zero-order chi connectivity index (χ0) is 22.9. The maximum atomic E-state index is 12.6. The maximum Gasteiger partial charge on any atom is 0.262 e. The highest BCUT2D eigenvalue weighted by atomic mass is 35.5. The van der Waals surface area contributed by atoms with E-state index in [2.05, 4.69) is 15.6 Å². The van der Waals surface area contributed by atoms with Crippen LogP contribution in [-0.4, -0.2) is 47.7 Å². The third-order valence-corrected chi connectivity index (χ3v) is 6.50. The number of hydrogen-bond acceptors (Lipinski definition) is 6. The molecule has 1 amide bonds. The summed E-state index contributed by atoms with van der Waals surface area (Å²) in [4.78, 5) is 32.4. The first-order chi connectivity index (χ1) is 16.0. The Kier molecular flexibility index (Phi) is 7.09. The van der Waals surface area contributed by atoms with Crippen molar-refractivity contribution >= 4 is 29.3 Å². The average molecular weight is 485 g/mol. The zero-order valence-corrected chi connectivity index (χ0v) is 19.8. The molecule has 9 heteroatoms. The van der Waals surface area contributed by atoms with Crippen molar-refractivity contribution in [3.8, 4) is 22.8 Å². The van der Waals surface area contributed by atoms with Crippen LogP contribution in [0.3, 0.4) is 0 Å². The van der Waals surface area contributed by atoms with Crippen molar-refractivity contribution < 1.29 is 14.6 Å². The van der Waals surface area contributed by atoms with Gasteiger partial charge in [0, 0.05) is 19.0 Å². The summed E-state index contributed by atoms with van der Waals surface area (Å²) in [6.45, 7) is 2.36. The fraction of sp³-hybridized carbons (Fsp3) is 0.400. The molecule has 1 saturated carbocycles. The van der Waals surface area contributed by atoms with Gasteiger partial charge in [0.1, 0.15) is 22.7 Å². The smallest absolute Gasteiger partial charge is 0.262 e. The Balaban J connectivity index is 0.00000274. The van der Waals surface area contributed by atoms with Crippen LogP contribution in [0.2, 0.25) is 0 Å². The van der Waals surface area contributed by atoms with Gasteiger partial charge < -0.3 is 25.5 Å². The number of fused-ring (bicyclic) bond motifs is 1. The molecule has 4 N–H and O–H groups in total. The molecular weight excluding hydrogens is 456 g/mol. The summed E-state index contributed by atoms with van der Waals surface area (Å²) in [5, 5.41) is 17.4. The molecule has 0 radical (unpaired) electrons. The summed E-state index contributed by atoms with van der Waals surface area (Å²) < 4.78 is 6.05. The van der Waals surface area contributed by atoms with E-state index >= 15 is 0 Å². The summed E-state index contributed by atoms with van der Waals surface area (Å²) in [5.74, 6) is 0.964. The molecule has 3 heterocycles. The molecule has 5 rings (SSSR count). The SMILES string of the molecule is CNC(=O)c1cc2c(C3CCCNC3)cc(-c3c(O)cccc3OCC3CC3)nc2[nH]c1=O.Cl. The van der Waals surface area contributed by atoms with Crippen molar-refractivity contribution in [3.05, 3.63) is 51.8 Å². The minimum absolute atomic E-state index is 0. The molecule has 0 spiro atoms. The Morgan fingerprint density at radius 2 is 2.09 bits per heavy atom. The second-order valence-electron chi connectivity index (χ2n) is 8.90. The van der Waals surface area contributed by atoms with Crippen LogP contribution in [0.5, 0.6) is 11.5 Å². The van der Waals surface area contributed by atoms with Gasteiger partial charge in [-0.15, -0.1) is 12.4 Å². The zero-order valence-electron chi connectivity index (χ0n) is 19.0. The fourth-order valence-electron chi connectivity index (χ4n) is 4.48. The number of nitrogens with one attached hydrogen (secondary N) is 3. The number of amides is 1. The number of carbonyl (C=O) groups is 1. The number of hydrogen-bond donors (Lipinski definition) is 4. The summed E-state index contributed by atoms with van der Waals surface area (Å²) in [7, 11) is 1.50. The molecule has 1 aliphatic heterocycles. The Labute approximate surface area is 203 Å². The van der Waals surface area contributed by atoms with E-state index in [0.717, 1.165) is 49.7 Å². The predicted molar refractivity (Wildman–Crippen MR) is 133 cm³/mol. The van der Waals surface area contributed by atoms with E-state index in [1.807, 2.05) is 12.1 Å². The lowest BCUT2D eigenvalue weighted by Gasteiger charge is -2.25. The quantitative estimate of drug-likeness (QED) is 0.426. The third kappa shape index (κ3) is 4.74.